The number of benzene rings is 1. The maximum atomic E-state index is 11.7. The number of methoxy groups -OCH3 is 2. The smallest absolute Gasteiger partial charge is 0.185 e. The number of hydrogen-bond acceptors (Lipinski definition) is 8. The molecule has 3 rings (SSSR count). The molecule has 0 saturated heterocycles. The minimum absolute atomic E-state index is 0.0433. The lowest BCUT2D eigenvalue weighted by atomic mass is 10.2. The molecule has 0 unspecified atom stereocenters. The molecular formula is C18H18N4O4S. The minimum Gasteiger partial charge on any atom is -0.511 e. The Hall–Kier alpha value is -3.07. The number of ketones is 1. The molecular weight excluding hydrogens is 368 g/mol. The summed E-state index contributed by atoms with van der Waals surface area (Å²) in [7, 11) is 3.13. The van der Waals surface area contributed by atoms with Crippen molar-refractivity contribution in [3.05, 3.63) is 41.0 Å². The number of aromatic nitrogens is 4. The zero-order valence-corrected chi connectivity index (χ0v) is 16.1. The summed E-state index contributed by atoms with van der Waals surface area (Å²) in [6, 6.07) is 8.86. The van der Waals surface area contributed by atoms with Crippen LogP contribution in [0.1, 0.15) is 13.8 Å². The number of carbonyl (C=O) groups excluding carboxylic acids is 1. The first kappa shape index (κ1) is 18.7. The predicted octanol–water partition coefficient (Wildman–Crippen LogP) is 3.28. The lowest BCUT2D eigenvalue weighted by Gasteiger charge is -2.09. The van der Waals surface area contributed by atoms with Crippen molar-refractivity contribution in [1.82, 2.24) is 19.8 Å². The molecule has 0 atom stereocenters. The number of carbonyl (C=O) groups is 1. The van der Waals surface area contributed by atoms with Crippen molar-refractivity contribution in [2.45, 2.75) is 18.9 Å². The number of thioether (sulfide) groups is 1. The fourth-order valence-corrected chi connectivity index (χ4v) is 3.25. The van der Waals surface area contributed by atoms with Gasteiger partial charge in [-0.2, -0.15) is 9.61 Å². The molecule has 2 heterocycles. The second-order valence-corrected chi connectivity index (χ2v) is 6.64. The molecule has 0 aliphatic rings. The number of fused-ring (bicyclic) bond motifs is 1. The van der Waals surface area contributed by atoms with E-state index in [0.29, 0.717) is 28.0 Å². The third-order valence-corrected chi connectivity index (χ3v) is 4.95. The summed E-state index contributed by atoms with van der Waals surface area (Å²) in [4.78, 5) is 11.9. The van der Waals surface area contributed by atoms with Crippen LogP contribution in [0.15, 0.2) is 46.0 Å². The van der Waals surface area contributed by atoms with Gasteiger partial charge in [0, 0.05) is 5.56 Å². The molecule has 8 nitrogen and oxygen atoms in total. The summed E-state index contributed by atoms with van der Waals surface area (Å²) in [5, 5.41) is 23.1. The van der Waals surface area contributed by atoms with Crippen LogP contribution in [0.3, 0.4) is 0 Å². The maximum Gasteiger partial charge on any atom is 0.185 e. The van der Waals surface area contributed by atoms with Crippen LogP contribution >= 0.6 is 11.8 Å². The average molecular weight is 386 g/mol. The SMILES string of the molecule is COc1ccc(-c2nnc3ccc(S/C(C(C)=O)=C(\C)O)nn23)cc1OC. The van der Waals surface area contributed by atoms with Crippen molar-refractivity contribution >= 4 is 23.2 Å². The van der Waals surface area contributed by atoms with Gasteiger partial charge in [-0.15, -0.1) is 10.2 Å². The normalized spacial score (nSPS) is 12.0. The molecule has 140 valence electrons. The summed E-state index contributed by atoms with van der Waals surface area (Å²) in [6.45, 7) is 2.87. The number of rotatable bonds is 6. The Bertz CT molecular complexity index is 1040. The van der Waals surface area contributed by atoms with Crippen LogP contribution in [-0.2, 0) is 4.79 Å². The lowest BCUT2D eigenvalue weighted by Crippen LogP contribution is -2.00. The van der Waals surface area contributed by atoms with Gasteiger partial charge in [-0.1, -0.05) is 11.8 Å². The van der Waals surface area contributed by atoms with Crippen LogP contribution in [0.4, 0.5) is 0 Å². The third kappa shape index (κ3) is 3.72. The molecule has 0 saturated carbocycles. The molecule has 0 bridgehead atoms. The van der Waals surface area contributed by atoms with E-state index in [1.54, 1.807) is 43.0 Å². The number of hydrogen-bond donors (Lipinski definition) is 1. The van der Waals surface area contributed by atoms with Gasteiger partial charge in [0.05, 0.1) is 19.1 Å². The van der Waals surface area contributed by atoms with Crippen LogP contribution < -0.4 is 9.47 Å². The minimum atomic E-state index is -0.231. The van der Waals surface area contributed by atoms with Crippen LogP contribution in [0.25, 0.3) is 17.0 Å². The second-order valence-electron chi connectivity index (χ2n) is 5.61. The Kier molecular flexibility index (Phi) is 5.31. The van der Waals surface area contributed by atoms with Crippen LogP contribution in [0, 0.1) is 0 Å². The quantitative estimate of drug-likeness (QED) is 0.391. The van der Waals surface area contributed by atoms with Crippen molar-refractivity contribution in [3.63, 3.8) is 0 Å². The van der Waals surface area contributed by atoms with Crippen molar-refractivity contribution in [2.24, 2.45) is 0 Å². The van der Waals surface area contributed by atoms with Crippen LogP contribution in [-0.4, -0.2) is 44.9 Å². The Morgan fingerprint density at radius 3 is 2.44 bits per heavy atom. The van der Waals surface area contributed by atoms with E-state index < -0.39 is 0 Å². The molecule has 2 aromatic heterocycles. The molecule has 0 fully saturated rings. The largest absolute Gasteiger partial charge is 0.511 e. The van der Waals surface area contributed by atoms with Gasteiger partial charge in [-0.05, 0) is 44.2 Å². The number of aliphatic hydroxyl groups excluding tert-OH is 1. The topological polar surface area (TPSA) is 98.8 Å². The molecule has 0 radical (unpaired) electrons. The molecule has 1 aromatic carbocycles. The van der Waals surface area contributed by atoms with E-state index in [1.165, 1.54) is 13.8 Å². The summed E-state index contributed by atoms with van der Waals surface area (Å²) < 4.78 is 12.2. The first-order valence-corrected chi connectivity index (χ1v) is 8.79. The molecule has 0 spiro atoms. The molecule has 3 aromatic rings. The highest BCUT2D eigenvalue weighted by Crippen LogP contribution is 2.32. The van der Waals surface area contributed by atoms with Crippen molar-refractivity contribution < 1.29 is 19.4 Å². The standard InChI is InChI=1S/C18H18N4O4S/c1-10(23)17(11(2)24)27-16-8-7-15-19-20-18(22(15)21-16)12-5-6-13(25-3)14(9-12)26-4/h5-9,23H,1-4H3/b17-10+. The number of allylic oxidation sites excluding steroid dienone is 2. The van der Waals surface area contributed by atoms with E-state index in [0.717, 1.165) is 17.3 Å². The zero-order valence-electron chi connectivity index (χ0n) is 15.3. The monoisotopic (exact) mass is 386 g/mol. The summed E-state index contributed by atoms with van der Waals surface area (Å²) in [5.74, 6) is 1.41. The van der Waals surface area contributed by atoms with E-state index in [2.05, 4.69) is 15.3 Å². The van der Waals surface area contributed by atoms with Crippen molar-refractivity contribution in [3.8, 4) is 22.9 Å². The second kappa shape index (κ2) is 7.67. The summed E-state index contributed by atoms with van der Waals surface area (Å²) >= 11 is 1.09. The van der Waals surface area contributed by atoms with Crippen LogP contribution in [0.5, 0.6) is 11.5 Å². The van der Waals surface area contributed by atoms with Gasteiger partial charge in [0.1, 0.15) is 10.8 Å². The summed E-state index contributed by atoms with van der Waals surface area (Å²) in [5.41, 5.74) is 1.30. The molecule has 0 amide bonds. The molecule has 9 heteroatoms. The Morgan fingerprint density at radius 2 is 1.81 bits per heavy atom. The highest BCUT2D eigenvalue weighted by molar-refractivity contribution is 8.04. The van der Waals surface area contributed by atoms with Gasteiger partial charge >= 0.3 is 0 Å². The van der Waals surface area contributed by atoms with E-state index in [1.807, 2.05) is 6.07 Å². The maximum absolute atomic E-state index is 11.7. The van der Waals surface area contributed by atoms with Gasteiger partial charge in [0.25, 0.3) is 0 Å². The van der Waals surface area contributed by atoms with Gasteiger partial charge in [-0.3, -0.25) is 4.79 Å². The number of nitrogens with zero attached hydrogens (tertiary/aromatic N) is 4. The Morgan fingerprint density at radius 1 is 1.07 bits per heavy atom. The van der Waals surface area contributed by atoms with Crippen molar-refractivity contribution in [1.29, 1.82) is 0 Å². The highest BCUT2D eigenvalue weighted by Gasteiger charge is 2.16. The lowest BCUT2D eigenvalue weighted by molar-refractivity contribution is -0.113. The van der Waals surface area contributed by atoms with E-state index in [4.69, 9.17) is 9.47 Å². The van der Waals surface area contributed by atoms with E-state index in [-0.39, 0.29) is 16.4 Å². The number of aliphatic hydroxyl groups is 1. The number of ether oxygens (including phenoxy) is 2. The fraction of sp³-hybridized carbons (Fsp3) is 0.222. The molecule has 27 heavy (non-hydrogen) atoms. The first-order valence-electron chi connectivity index (χ1n) is 7.98. The average Bonchev–Trinajstić information content (AvgIpc) is 3.08. The zero-order chi connectivity index (χ0) is 19.6. The third-order valence-electron chi connectivity index (χ3n) is 3.74. The number of Topliss-reactive ketones (excluding diaryl/α,β-unsaturated/α-hetero) is 1. The highest BCUT2D eigenvalue weighted by atomic mass is 32.2. The predicted molar refractivity (Wildman–Crippen MR) is 101 cm³/mol. The van der Waals surface area contributed by atoms with Crippen LogP contribution in [0.2, 0.25) is 0 Å². The molecule has 0 aliphatic heterocycles. The summed E-state index contributed by atoms with van der Waals surface area (Å²) in [6.07, 6.45) is 0. The van der Waals surface area contributed by atoms with Gasteiger partial charge < -0.3 is 14.6 Å². The first-order chi connectivity index (χ1) is 12.9. The molecule has 1 N–H and O–H groups in total. The Balaban J connectivity index is 2.06. The van der Waals surface area contributed by atoms with Gasteiger partial charge in [0.2, 0.25) is 0 Å². The Labute approximate surface area is 159 Å². The fourth-order valence-electron chi connectivity index (χ4n) is 2.49. The van der Waals surface area contributed by atoms with E-state index in [9.17, 15) is 9.90 Å². The van der Waals surface area contributed by atoms with E-state index >= 15 is 0 Å². The van der Waals surface area contributed by atoms with Crippen molar-refractivity contribution in [2.75, 3.05) is 14.2 Å². The van der Waals surface area contributed by atoms with Gasteiger partial charge in [0.15, 0.2) is 28.8 Å². The van der Waals surface area contributed by atoms with Gasteiger partial charge in [-0.25, -0.2) is 0 Å². The molecule has 0 aliphatic carbocycles.